The van der Waals surface area contributed by atoms with E-state index in [1.54, 1.807) is 24.3 Å². The Morgan fingerprint density at radius 2 is 1.76 bits per heavy atom. The number of aliphatic carboxylic acids is 1. The van der Waals surface area contributed by atoms with E-state index in [1.807, 2.05) is 0 Å². The molecular formula is C16H23NO7S. The maximum absolute atomic E-state index is 12.1. The van der Waals surface area contributed by atoms with Crippen LogP contribution in [0.25, 0.3) is 0 Å². The average molecular weight is 373 g/mol. The van der Waals surface area contributed by atoms with Gasteiger partial charge in [0.05, 0.1) is 12.9 Å². The van der Waals surface area contributed by atoms with Crippen LogP contribution in [0.1, 0.15) is 20.3 Å². The monoisotopic (exact) mass is 373 g/mol. The number of carboxylic acids is 1. The fourth-order valence-electron chi connectivity index (χ4n) is 1.90. The van der Waals surface area contributed by atoms with Crippen LogP contribution in [0.3, 0.4) is 0 Å². The predicted octanol–water partition coefficient (Wildman–Crippen LogP) is 0.857. The van der Waals surface area contributed by atoms with E-state index in [0.29, 0.717) is 11.5 Å². The molecule has 0 radical (unpaired) electrons. The molecule has 25 heavy (non-hydrogen) atoms. The molecule has 0 aliphatic carbocycles. The summed E-state index contributed by atoms with van der Waals surface area (Å²) in [4.78, 5) is 23.3. The zero-order valence-electron chi connectivity index (χ0n) is 14.4. The molecule has 2 unspecified atom stereocenters. The number of rotatable bonds is 10. The van der Waals surface area contributed by atoms with Crippen molar-refractivity contribution in [2.45, 2.75) is 32.4 Å². The van der Waals surface area contributed by atoms with Gasteiger partial charge in [-0.3, -0.25) is 4.79 Å². The smallest absolute Gasteiger partial charge is 0.326 e. The SMILES string of the molecule is CCS(=O)(=O)CCC(NC(=O)C(C)Oc1ccc(OC)cc1)C(=O)O. The lowest BCUT2D eigenvalue weighted by molar-refractivity contribution is -0.142. The third kappa shape index (κ3) is 7.00. The number of hydrogen-bond acceptors (Lipinski definition) is 6. The van der Waals surface area contributed by atoms with Gasteiger partial charge in [0.1, 0.15) is 27.4 Å². The highest BCUT2D eigenvalue weighted by Gasteiger charge is 2.25. The summed E-state index contributed by atoms with van der Waals surface area (Å²) in [5.41, 5.74) is 0. The molecule has 0 aromatic heterocycles. The number of carboxylic acid groups (broad SMARTS) is 1. The van der Waals surface area contributed by atoms with Crippen LogP contribution in [0.2, 0.25) is 0 Å². The van der Waals surface area contributed by atoms with Gasteiger partial charge in [0.15, 0.2) is 6.10 Å². The van der Waals surface area contributed by atoms with Crippen molar-refractivity contribution < 1.29 is 32.6 Å². The number of carbonyl (C=O) groups is 2. The number of nitrogens with one attached hydrogen (secondary N) is 1. The highest BCUT2D eigenvalue weighted by atomic mass is 32.2. The molecule has 9 heteroatoms. The third-order valence-electron chi connectivity index (χ3n) is 3.51. The van der Waals surface area contributed by atoms with Crippen LogP contribution >= 0.6 is 0 Å². The first-order valence-electron chi connectivity index (χ1n) is 7.72. The minimum absolute atomic E-state index is 0.0791. The maximum atomic E-state index is 12.1. The van der Waals surface area contributed by atoms with Gasteiger partial charge in [-0.2, -0.15) is 0 Å². The number of ether oxygens (including phenoxy) is 2. The number of benzene rings is 1. The lowest BCUT2D eigenvalue weighted by atomic mass is 10.2. The van der Waals surface area contributed by atoms with Gasteiger partial charge in [0.25, 0.3) is 5.91 Å². The minimum atomic E-state index is -3.32. The van der Waals surface area contributed by atoms with Crippen molar-refractivity contribution in [2.75, 3.05) is 18.6 Å². The van der Waals surface area contributed by atoms with E-state index in [1.165, 1.54) is 21.0 Å². The lowest BCUT2D eigenvalue weighted by Gasteiger charge is -2.19. The van der Waals surface area contributed by atoms with Crippen LogP contribution < -0.4 is 14.8 Å². The van der Waals surface area contributed by atoms with Crippen molar-refractivity contribution in [1.82, 2.24) is 5.32 Å². The lowest BCUT2D eigenvalue weighted by Crippen LogP contribution is -2.47. The van der Waals surface area contributed by atoms with E-state index in [2.05, 4.69) is 5.32 Å². The molecule has 1 aromatic rings. The molecule has 0 bridgehead atoms. The van der Waals surface area contributed by atoms with E-state index < -0.39 is 33.9 Å². The topological polar surface area (TPSA) is 119 Å². The summed E-state index contributed by atoms with van der Waals surface area (Å²) >= 11 is 0. The highest BCUT2D eigenvalue weighted by molar-refractivity contribution is 7.91. The summed E-state index contributed by atoms with van der Waals surface area (Å²) in [7, 11) is -1.79. The first-order chi connectivity index (χ1) is 11.7. The molecule has 8 nitrogen and oxygen atoms in total. The summed E-state index contributed by atoms with van der Waals surface area (Å²) in [6, 6.07) is 5.26. The van der Waals surface area contributed by atoms with Gasteiger partial charge in [-0.25, -0.2) is 13.2 Å². The van der Waals surface area contributed by atoms with Crippen molar-refractivity contribution >= 4 is 21.7 Å². The van der Waals surface area contributed by atoms with E-state index in [9.17, 15) is 18.0 Å². The summed E-state index contributed by atoms with van der Waals surface area (Å²) < 4.78 is 33.5. The van der Waals surface area contributed by atoms with Crippen LogP contribution in [0.15, 0.2) is 24.3 Å². The fourth-order valence-corrected chi connectivity index (χ4v) is 2.78. The van der Waals surface area contributed by atoms with Crippen LogP contribution in [0.4, 0.5) is 0 Å². The minimum Gasteiger partial charge on any atom is -0.497 e. The number of hydrogen-bond donors (Lipinski definition) is 2. The molecule has 2 atom stereocenters. The molecular weight excluding hydrogens is 350 g/mol. The molecule has 1 amide bonds. The molecule has 0 aliphatic rings. The molecule has 1 rings (SSSR count). The number of carbonyl (C=O) groups excluding carboxylic acids is 1. The summed E-state index contributed by atoms with van der Waals surface area (Å²) in [6.07, 6.45) is -1.15. The largest absolute Gasteiger partial charge is 0.497 e. The van der Waals surface area contributed by atoms with Crippen LogP contribution in [0.5, 0.6) is 11.5 Å². The third-order valence-corrected chi connectivity index (χ3v) is 5.25. The first kappa shape index (κ1) is 20.8. The molecule has 0 heterocycles. The highest BCUT2D eigenvalue weighted by Crippen LogP contribution is 2.18. The van der Waals surface area contributed by atoms with Gasteiger partial charge < -0.3 is 19.9 Å². The molecule has 0 saturated heterocycles. The van der Waals surface area contributed by atoms with Gasteiger partial charge in [0.2, 0.25) is 0 Å². The number of amides is 1. The molecule has 0 saturated carbocycles. The molecule has 1 aromatic carbocycles. The molecule has 0 spiro atoms. The van der Waals surface area contributed by atoms with Gasteiger partial charge in [-0.15, -0.1) is 0 Å². The number of methoxy groups -OCH3 is 1. The Morgan fingerprint density at radius 3 is 2.24 bits per heavy atom. The van der Waals surface area contributed by atoms with Crippen molar-refractivity contribution in [3.8, 4) is 11.5 Å². The Morgan fingerprint density at radius 1 is 1.20 bits per heavy atom. The molecule has 2 N–H and O–H groups in total. The van der Waals surface area contributed by atoms with Crippen molar-refractivity contribution in [1.29, 1.82) is 0 Å². The molecule has 140 valence electrons. The Kier molecular flexibility index (Phi) is 7.69. The molecule has 0 fully saturated rings. The maximum Gasteiger partial charge on any atom is 0.326 e. The normalized spacial score (nSPS) is 13.6. The van der Waals surface area contributed by atoms with Crippen LogP contribution in [0, 0.1) is 0 Å². The zero-order valence-corrected chi connectivity index (χ0v) is 15.2. The van der Waals surface area contributed by atoms with Crippen molar-refractivity contribution in [3.05, 3.63) is 24.3 Å². The van der Waals surface area contributed by atoms with Gasteiger partial charge in [0, 0.05) is 5.75 Å². The van der Waals surface area contributed by atoms with E-state index in [0.717, 1.165) is 0 Å². The van der Waals surface area contributed by atoms with Gasteiger partial charge in [-0.05, 0) is 37.6 Å². The summed E-state index contributed by atoms with van der Waals surface area (Å²) in [6.45, 7) is 2.95. The zero-order chi connectivity index (χ0) is 19.0. The van der Waals surface area contributed by atoms with Crippen molar-refractivity contribution in [2.24, 2.45) is 0 Å². The Labute approximate surface area is 147 Å². The van der Waals surface area contributed by atoms with Gasteiger partial charge in [-0.1, -0.05) is 6.92 Å². The predicted molar refractivity (Wildman–Crippen MR) is 91.6 cm³/mol. The second kappa shape index (κ2) is 9.26. The quantitative estimate of drug-likeness (QED) is 0.624. The Bertz CT molecular complexity index is 685. The second-order valence-corrected chi connectivity index (χ2v) is 7.83. The number of sulfone groups is 1. The second-order valence-electron chi connectivity index (χ2n) is 5.36. The summed E-state index contributed by atoms with van der Waals surface area (Å²) in [5, 5.41) is 11.5. The van der Waals surface area contributed by atoms with E-state index in [-0.39, 0.29) is 17.9 Å². The Balaban J connectivity index is 2.64. The van der Waals surface area contributed by atoms with E-state index in [4.69, 9.17) is 14.6 Å². The standard InChI is InChI=1S/C16H23NO7S/c1-4-25(21,22)10-9-14(16(19)20)17-15(18)11(2)24-13-7-5-12(23-3)6-8-13/h5-8,11,14H,4,9-10H2,1-3H3,(H,17,18)(H,19,20). The summed E-state index contributed by atoms with van der Waals surface area (Å²) in [5.74, 6) is -1.27. The Hall–Kier alpha value is -2.29. The van der Waals surface area contributed by atoms with E-state index >= 15 is 0 Å². The first-order valence-corrected chi connectivity index (χ1v) is 9.55. The van der Waals surface area contributed by atoms with Gasteiger partial charge >= 0.3 is 5.97 Å². The molecule has 0 aliphatic heterocycles. The van der Waals surface area contributed by atoms with Crippen molar-refractivity contribution in [3.63, 3.8) is 0 Å². The van der Waals surface area contributed by atoms with Crippen LogP contribution in [-0.4, -0.2) is 56.2 Å². The van der Waals surface area contributed by atoms with Crippen LogP contribution in [-0.2, 0) is 19.4 Å². The fraction of sp³-hybridized carbons (Fsp3) is 0.500. The average Bonchev–Trinajstić information content (AvgIpc) is 2.58.